The number of benzene rings is 1. The molecule has 0 unspecified atom stereocenters. The standard InChI is InChI=1S/C13H15NO3S.H2O/c1-11-7-9-14(8-4-10-18(15,16)17)13-6-3-2-5-12(11)13;/h2-3,5-7,9H,4,8,10H2,1H3;1H2. The third-order valence-electron chi connectivity index (χ3n) is 2.94. The van der Waals surface area contributed by atoms with Gasteiger partial charge in [0, 0.05) is 23.9 Å². The molecule has 0 aliphatic heterocycles. The van der Waals surface area contributed by atoms with Gasteiger partial charge in [0.1, 0.15) is 6.54 Å². The second kappa shape index (κ2) is 6.10. The highest BCUT2D eigenvalue weighted by atomic mass is 32.2. The summed E-state index contributed by atoms with van der Waals surface area (Å²) in [5.74, 6) is -0.206. The Bertz CT molecular complexity index is 667. The number of nitrogens with zero attached hydrogens (tertiary/aromatic N) is 1. The van der Waals surface area contributed by atoms with E-state index in [2.05, 4.69) is 0 Å². The van der Waals surface area contributed by atoms with E-state index in [1.54, 1.807) is 0 Å². The Morgan fingerprint density at radius 2 is 1.89 bits per heavy atom. The molecule has 0 amide bonds. The Morgan fingerprint density at radius 1 is 1.21 bits per heavy atom. The SMILES string of the molecule is Cc1cc[n+](CCCS(=O)(=O)O)c2ccccc12.[OH-]. The molecule has 0 aliphatic rings. The van der Waals surface area contributed by atoms with E-state index < -0.39 is 10.1 Å². The average molecular weight is 283 g/mol. The van der Waals surface area contributed by atoms with Crippen LogP contribution in [0.4, 0.5) is 0 Å². The van der Waals surface area contributed by atoms with E-state index >= 15 is 0 Å². The summed E-state index contributed by atoms with van der Waals surface area (Å²) in [4.78, 5) is 0. The number of rotatable bonds is 4. The zero-order valence-corrected chi connectivity index (χ0v) is 11.5. The van der Waals surface area contributed by atoms with Gasteiger partial charge in [0.2, 0.25) is 5.52 Å². The van der Waals surface area contributed by atoms with E-state index in [0.717, 1.165) is 10.9 Å². The maximum Gasteiger partial charge on any atom is 0.265 e. The van der Waals surface area contributed by atoms with E-state index in [-0.39, 0.29) is 11.2 Å². The van der Waals surface area contributed by atoms with Gasteiger partial charge >= 0.3 is 0 Å². The minimum Gasteiger partial charge on any atom is -0.870 e. The summed E-state index contributed by atoms with van der Waals surface area (Å²) < 4.78 is 32.1. The van der Waals surface area contributed by atoms with E-state index in [1.807, 2.05) is 48.0 Å². The van der Waals surface area contributed by atoms with Crippen molar-refractivity contribution in [3.63, 3.8) is 0 Å². The lowest BCUT2D eigenvalue weighted by Gasteiger charge is -2.03. The molecular formula is C13H17NO4S. The van der Waals surface area contributed by atoms with Gasteiger partial charge < -0.3 is 5.48 Å². The normalized spacial score (nSPS) is 11.3. The van der Waals surface area contributed by atoms with Gasteiger partial charge in [0.25, 0.3) is 10.1 Å². The van der Waals surface area contributed by atoms with E-state index in [9.17, 15) is 8.42 Å². The van der Waals surface area contributed by atoms with Crippen molar-refractivity contribution in [3.8, 4) is 0 Å². The fourth-order valence-corrected chi connectivity index (χ4v) is 2.54. The van der Waals surface area contributed by atoms with Crippen LogP contribution in [0.2, 0.25) is 0 Å². The molecule has 6 heteroatoms. The van der Waals surface area contributed by atoms with Crippen molar-refractivity contribution in [1.82, 2.24) is 0 Å². The summed E-state index contributed by atoms with van der Waals surface area (Å²) in [6.07, 6.45) is 2.35. The minimum absolute atomic E-state index is 0. The fourth-order valence-electron chi connectivity index (χ4n) is 2.04. The number of pyridine rings is 1. The van der Waals surface area contributed by atoms with Crippen molar-refractivity contribution < 1.29 is 23.0 Å². The lowest BCUT2D eigenvalue weighted by atomic mass is 10.1. The van der Waals surface area contributed by atoms with Crippen LogP contribution < -0.4 is 4.57 Å². The van der Waals surface area contributed by atoms with Crippen LogP contribution in [0.5, 0.6) is 0 Å². The summed E-state index contributed by atoms with van der Waals surface area (Å²) in [5, 5.41) is 1.16. The third kappa shape index (κ3) is 3.99. The molecule has 0 saturated heterocycles. The van der Waals surface area contributed by atoms with Gasteiger partial charge in [-0.15, -0.1) is 0 Å². The molecule has 0 spiro atoms. The molecule has 0 saturated carbocycles. The second-order valence-electron chi connectivity index (χ2n) is 4.35. The smallest absolute Gasteiger partial charge is 0.265 e. The molecule has 1 heterocycles. The van der Waals surface area contributed by atoms with E-state index in [4.69, 9.17) is 4.55 Å². The molecule has 5 nitrogen and oxygen atoms in total. The van der Waals surface area contributed by atoms with Crippen molar-refractivity contribution >= 4 is 21.0 Å². The highest BCUT2D eigenvalue weighted by Crippen LogP contribution is 2.13. The van der Waals surface area contributed by atoms with Gasteiger partial charge in [-0.3, -0.25) is 4.55 Å². The summed E-state index contributed by atoms with van der Waals surface area (Å²) in [6, 6.07) is 10.0. The molecule has 2 rings (SSSR count). The first kappa shape index (κ1) is 15.6. The van der Waals surface area contributed by atoms with E-state index in [0.29, 0.717) is 13.0 Å². The molecule has 0 fully saturated rings. The minimum atomic E-state index is -3.87. The highest BCUT2D eigenvalue weighted by molar-refractivity contribution is 7.85. The summed E-state index contributed by atoms with van der Waals surface area (Å²) >= 11 is 0. The van der Waals surface area contributed by atoms with Crippen LogP contribution in [0.15, 0.2) is 36.5 Å². The van der Waals surface area contributed by atoms with Crippen LogP contribution in [-0.2, 0) is 16.7 Å². The number of hydrogen-bond donors (Lipinski definition) is 1. The number of fused-ring (bicyclic) bond motifs is 1. The largest absolute Gasteiger partial charge is 0.870 e. The molecule has 2 N–H and O–H groups in total. The molecular weight excluding hydrogens is 266 g/mol. The Kier molecular flexibility index (Phi) is 4.99. The topological polar surface area (TPSA) is 88.2 Å². The Labute approximate surface area is 112 Å². The van der Waals surface area contributed by atoms with Gasteiger partial charge in [0.15, 0.2) is 6.20 Å². The first-order chi connectivity index (χ1) is 8.47. The number of hydrogen-bond acceptors (Lipinski definition) is 3. The van der Waals surface area contributed by atoms with Crippen molar-refractivity contribution in [1.29, 1.82) is 0 Å². The predicted molar refractivity (Wildman–Crippen MR) is 71.8 cm³/mol. The summed E-state index contributed by atoms with van der Waals surface area (Å²) in [6.45, 7) is 2.62. The molecule has 0 bridgehead atoms. The van der Waals surface area contributed by atoms with Crippen molar-refractivity contribution in [2.75, 3.05) is 5.75 Å². The molecule has 0 aliphatic carbocycles. The summed E-state index contributed by atoms with van der Waals surface area (Å²) in [5.41, 5.74) is 2.27. The summed E-state index contributed by atoms with van der Waals surface area (Å²) in [7, 11) is -3.87. The van der Waals surface area contributed by atoms with Gasteiger partial charge in [-0.25, -0.2) is 0 Å². The first-order valence-corrected chi connectivity index (χ1v) is 7.41. The van der Waals surface area contributed by atoms with Gasteiger partial charge in [-0.1, -0.05) is 12.1 Å². The number of aryl methyl sites for hydroxylation is 2. The maximum absolute atomic E-state index is 10.7. The second-order valence-corrected chi connectivity index (χ2v) is 5.92. The quantitative estimate of drug-likeness (QED) is 0.681. The van der Waals surface area contributed by atoms with Crippen molar-refractivity contribution in [2.24, 2.45) is 0 Å². The Hall–Kier alpha value is -1.50. The molecule has 1 aromatic carbocycles. The average Bonchev–Trinajstić information content (AvgIpc) is 2.31. The maximum atomic E-state index is 10.7. The first-order valence-electron chi connectivity index (χ1n) is 5.80. The van der Waals surface area contributed by atoms with E-state index in [1.165, 1.54) is 5.56 Å². The third-order valence-corrected chi connectivity index (χ3v) is 3.75. The number of aromatic nitrogens is 1. The zero-order valence-electron chi connectivity index (χ0n) is 10.7. The zero-order chi connectivity index (χ0) is 13.2. The fraction of sp³-hybridized carbons (Fsp3) is 0.308. The molecule has 0 atom stereocenters. The Morgan fingerprint density at radius 3 is 2.58 bits per heavy atom. The van der Waals surface area contributed by atoms with Crippen molar-refractivity contribution in [2.45, 2.75) is 19.9 Å². The number of para-hydroxylation sites is 1. The molecule has 19 heavy (non-hydrogen) atoms. The van der Waals surface area contributed by atoms with Crippen LogP contribution in [0, 0.1) is 6.92 Å². The molecule has 0 radical (unpaired) electrons. The van der Waals surface area contributed by atoms with Crippen LogP contribution in [0.3, 0.4) is 0 Å². The molecule has 104 valence electrons. The van der Waals surface area contributed by atoms with Crippen LogP contribution in [-0.4, -0.2) is 24.2 Å². The van der Waals surface area contributed by atoms with Gasteiger partial charge in [0.05, 0.1) is 5.75 Å². The highest BCUT2D eigenvalue weighted by Gasteiger charge is 2.11. The lowest BCUT2D eigenvalue weighted by Crippen LogP contribution is -2.35. The molecule has 1 aromatic heterocycles. The monoisotopic (exact) mass is 283 g/mol. The molecule has 2 aromatic rings. The Balaban J connectivity index is 0.00000180. The van der Waals surface area contributed by atoms with Crippen LogP contribution >= 0.6 is 0 Å². The van der Waals surface area contributed by atoms with Crippen LogP contribution in [0.25, 0.3) is 10.9 Å². The van der Waals surface area contributed by atoms with Gasteiger partial charge in [-0.2, -0.15) is 13.0 Å². The van der Waals surface area contributed by atoms with Gasteiger partial charge in [-0.05, 0) is 18.6 Å². The van der Waals surface area contributed by atoms with Crippen molar-refractivity contribution in [3.05, 3.63) is 42.1 Å². The predicted octanol–water partition coefficient (Wildman–Crippen LogP) is 1.54. The van der Waals surface area contributed by atoms with Crippen LogP contribution in [0.1, 0.15) is 12.0 Å². The lowest BCUT2D eigenvalue weighted by molar-refractivity contribution is -0.671.